The molecule has 0 spiro atoms. The molecule has 0 saturated carbocycles. The minimum atomic E-state index is -3.55. The van der Waals surface area contributed by atoms with Crippen molar-refractivity contribution in [3.63, 3.8) is 0 Å². The van der Waals surface area contributed by atoms with E-state index in [9.17, 15) is 17.2 Å². The molecule has 1 aromatic carbocycles. The summed E-state index contributed by atoms with van der Waals surface area (Å²) < 4.78 is 54.5. The van der Waals surface area contributed by atoms with Crippen molar-refractivity contribution in [2.24, 2.45) is 5.10 Å². The third-order valence-electron chi connectivity index (χ3n) is 3.58. The molecular formula is C17H20F2N4O3S. The Balaban J connectivity index is 1.99. The first kappa shape index (κ1) is 20.7. The molecule has 0 saturated heterocycles. The largest absolute Gasteiger partial charge is 0.435 e. The van der Waals surface area contributed by atoms with Gasteiger partial charge in [0.1, 0.15) is 16.5 Å². The van der Waals surface area contributed by atoms with Crippen molar-refractivity contribution in [2.75, 3.05) is 18.5 Å². The summed E-state index contributed by atoms with van der Waals surface area (Å²) in [5, 5.41) is 3.98. The van der Waals surface area contributed by atoms with E-state index in [-0.39, 0.29) is 10.6 Å². The van der Waals surface area contributed by atoms with Gasteiger partial charge in [0.25, 0.3) is 0 Å². The van der Waals surface area contributed by atoms with Crippen LogP contribution in [0.15, 0.2) is 52.6 Å². The lowest BCUT2D eigenvalue weighted by atomic mass is 10.2. The standard InChI is InChI=1S/C17H20F2N4O3S/c1-3-23(4-2)27(24,25)15-9-10-16(20-12-15)22-21-11-13-5-7-14(8-6-13)26-17(18)19/h5-12,17H,3-4H2,1-2H3,(H,20,22)/b21-11+. The number of ether oxygens (including phenoxy) is 1. The van der Waals surface area contributed by atoms with Crippen molar-refractivity contribution in [3.05, 3.63) is 48.2 Å². The lowest BCUT2D eigenvalue weighted by Gasteiger charge is -2.18. The molecule has 10 heteroatoms. The smallest absolute Gasteiger partial charge is 0.387 e. The predicted octanol–water partition coefficient (Wildman–Crippen LogP) is 3.16. The number of halogens is 2. The Morgan fingerprint density at radius 2 is 1.85 bits per heavy atom. The first-order chi connectivity index (χ1) is 12.9. The van der Waals surface area contributed by atoms with E-state index in [0.29, 0.717) is 24.5 Å². The Morgan fingerprint density at radius 3 is 2.37 bits per heavy atom. The second kappa shape index (κ2) is 9.38. The van der Waals surface area contributed by atoms with Crippen LogP contribution in [0, 0.1) is 0 Å². The first-order valence-electron chi connectivity index (χ1n) is 8.17. The fraction of sp³-hybridized carbons (Fsp3) is 0.294. The van der Waals surface area contributed by atoms with Crippen molar-refractivity contribution in [1.82, 2.24) is 9.29 Å². The Morgan fingerprint density at radius 1 is 1.19 bits per heavy atom. The number of hydrogen-bond donors (Lipinski definition) is 1. The zero-order valence-corrected chi connectivity index (χ0v) is 15.7. The number of nitrogens with one attached hydrogen (secondary N) is 1. The average molecular weight is 398 g/mol. The van der Waals surface area contributed by atoms with Crippen LogP contribution in [0.1, 0.15) is 19.4 Å². The minimum absolute atomic E-state index is 0.0572. The highest BCUT2D eigenvalue weighted by Gasteiger charge is 2.21. The zero-order chi connectivity index (χ0) is 19.9. The molecule has 0 amide bonds. The SMILES string of the molecule is CCN(CC)S(=O)(=O)c1ccc(N/N=C/c2ccc(OC(F)F)cc2)nc1. The molecule has 0 aliphatic rings. The molecule has 0 aliphatic carbocycles. The van der Waals surface area contributed by atoms with E-state index in [4.69, 9.17) is 0 Å². The van der Waals surface area contributed by atoms with E-state index in [2.05, 4.69) is 20.2 Å². The maximum Gasteiger partial charge on any atom is 0.387 e. The molecule has 0 atom stereocenters. The van der Waals surface area contributed by atoms with Gasteiger partial charge < -0.3 is 4.74 Å². The van der Waals surface area contributed by atoms with Crippen LogP contribution >= 0.6 is 0 Å². The fourth-order valence-corrected chi connectivity index (χ4v) is 3.62. The molecule has 2 aromatic rings. The van der Waals surface area contributed by atoms with Crippen LogP contribution in [0.3, 0.4) is 0 Å². The van der Waals surface area contributed by atoms with E-state index in [1.807, 2.05) is 0 Å². The average Bonchev–Trinajstić information content (AvgIpc) is 2.64. The fourth-order valence-electron chi connectivity index (χ4n) is 2.22. The summed E-state index contributed by atoms with van der Waals surface area (Å²) in [5.74, 6) is 0.421. The van der Waals surface area contributed by atoms with Crippen LogP contribution in [-0.2, 0) is 10.0 Å². The van der Waals surface area contributed by atoms with E-state index >= 15 is 0 Å². The summed E-state index contributed by atoms with van der Waals surface area (Å²) in [6, 6.07) is 8.89. The molecular weight excluding hydrogens is 378 g/mol. The van der Waals surface area contributed by atoms with Crippen LogP contribution in [0.4, 0.5) is 14.6 Å². The van der Waals surface area contributed by atoms with Gasteiger partial charge in [-0.05, 0) is 42.0 Å². The van der Waals surface area contributed by atoms with Crippen LogP contribution in [0.25, 0.3) is 0 Å². The first-order valence-corrected chi connectivity index (χ1v) is 9.61. The summed E-state index contributed by atoms with van der Waals surface area (Å²) in [6.07, 6.45) is 2.73. The number of alkyl halides is 2. The number of hydrogen-bond acceptors (Lipinski definition) is 6. The number of benzene rings is 1. The topological polar surface area (TPSA) is 83.9 Å². The highest BCUT2D eigenvalue weighted by atomic mass is 32.2. The van der Waals surface area contributed by atoms with Crippen molar-refractivity contribution in [1.29, 1.82) is 0 Å². The van der Waals surface area contributed by atoms with E-state index in [1.165, 1.54) is 41.0 Å². The van der Waals surface area contributed by atoms with Crippen LogP contribution < -0.4 is 10.2 Å². The molecule has 0 fully saturated rings. The molecule has 2 rings (SSSR count). The number of hydrazone groups is 1. The number of aromatic nitrogens is 1. The lowest BCUT2D eigenvalue weighted by Crippen LogP contribution is -2.30. The lowest BCUT2D eigenvalue weighted by molar-refractivity contribution is -0.0498. The van der Waals surface area contributed by atoms with Crippen molar-refractivity contribution < 1.29 is 21.9 Å². The monoisotopic (exact) mass is 398 g/mol. The third-order valence-corrected chi connectivity index (χ3v) is 5.61. The van der Waals surface area contributed by atoms with Gasteiger partial charge in [-0.15, -0.1) is 0 Å². The van der Waals surface area contributed by atoms with E-state index < -0.39 is 16.6 Å². The highest BCUT2D eigenvalue weighted by Crippen LogP contribution is 2.16. The van der Waals surface area contributed by atoms with E-state index in [0.717, 1.165) is 0 Å². The zero-order valence-electron chi connectivity index (χ0n) is 14.8. The molecule has 7 nitrogen and oxygen atoms in total. The summed E-state index contributed by atoms with van der Waals surface area (Å²) in [7, 11) is -3.55. The van der Waals surface area contributed by atoms with Crippen LogP contribution in [-0.4, -0.2) is 43.6 Å². The molecule has 0 bridgehead atoms. The molecule has 0 radical (unpaired) electrons. The Hall–Kier alpha value is -2.59. The van der Waals surface area contributed by atoms with Gasteiger partial charge in [-0.3, -0.25) is 5.43 Å². The Kier molecular flexibility index (Phi) is 7.19. The second-order valence-electron chi connectivity index (χ2n) is 5.29. The minimum Gasteiger partial charge on any atom is -0.435 e. The normalized spacial score (nSPS) is 12.1. The van der Waals surface area contributed by atoms with Gasteiger partial charge in [0.2, 0.25) is 10.0 Å². The van der Waals surface area contributed by atoms with Gasteiger partial charge in [-0.1, -0.05) is 13.8 Å². The van der Waals surface area contributed by atoms with Crippen LogP contribution in [0.5, 0.6) is 5.75 Å². The number of pyridine rings is 1. The van der Waals surface area contributed by atoms with E-state index in [1.54, 1.807) is 26.0 Å². The number of sulfonamides is 1. The molecule has 27 heavy (non-hydrogen) atoms. The predicted molar refractivity (Wildman–Crippen MR) is 98.6 cm³/mol. The van der Waals surface area contributed by atoms with Crippen molar-refractivity contribution in [2.45, 2.75) is 25.4 Å². The van der Waals surface area contributed by atoms with Gasteiger partial charge in [-0.25, -0.2) is 13.4 Å². The van der Waals surface area contributed by atoms with Crippen molar-refractivity contribution >= 4 is 22.1 Å². The summed E-state index contributed by atoms with van der Waals surface area (Å²) in [6.45, 7) is 1.43. The molecule has 1 heterocycles. The number of nitrogens with zero attached hydrogens (tertiary/aromatic N) is 3. The quantitative estimate of drug-likeness (QED) is 0.518. The van der Waals surface area contributed by atoms with Gasteiger partial charge in [0, 0.05) is 19.3 Å². The molecule has 146 valence electrons. The molecule has 1 aromatic heterocycles. The summed E-state index contributed by atoms with van der Waals surface area (Å²) in [4.78, 5) is 4.15. The Bertz CT molecular complexity index is 853. The van der Waals surface area contributed by atoms with Gasteiger partial charge in [0.15, 0.2) is 0 Å². The summed E-state index contributed by atoms with van der Waals surface area (Å²) >= 11 is 0. The maximum atomic E-state index is 12.4. The molecule has 0 aliphatic heterocycles. The van der Waals surface area contributed by atoms with Crippen LogP contribution in [0.2, 0.25) is 0 Å². The summed E-state index contributed by atoms with van der Waals surface area (Å²) in [5.41, 5.74) is 3.33. The number of rotatable bonds is 9. The van der Waals surface area contributed by atoms with Gasteiger partial charge >= 0.3 is 6.61 Å². The molecule has 1 N–H and O–H groups in total. The Labute approximate surface area is 156 Å². The maximum absolute atomic E-state index is 12.4. The van der Waals surface area contributed by atoms with Crippen molar-refractivity contribution in [3.8, 4) is 5.75 Å². The second-order valence-corrected chi connectivity index (χ2v) is 7.22. The third kappa shape index (κ3) is 5.69. The highest BCUT2D eigenvalue weighted by molar-refractivity contribution is 7.89. The molecule has 0 unspecified atom stereocenters. The van der Waals surface area contributed by atoms with Gasteiger partial charge in [0.05, 0.1) is 6.21 Å². The number of anilines is 1. The van der Waals surface area contributed by atoms with Gasteiger partial charge in [-0.2, -0.15) is 18.2 Å².